The van der Waals surface area contributed by atoms with Crippen LogP contribution >= 0.6 is 24.4 Å². The summed E-state index contributed by atoms with van der Waals surface area (Å²) in [5, 5.41) is 34.7. The van der Waals surface area contributed by atoms with E-state index in [0.717, 1.165) is 43.8 Å². The molecule has 0 aliphatic heterocycles. The molecule has 2 aromatic rings. The van der Waals surface area contributed by atoms with Gasteiger partial charge in [-0.25, -0.2) is 9.97 Å². The molecule has 2 heterocycles. The van der Waals surface area contributed by atoms with Crippen LogP contribution in [0.2, 0.25) is 0 Å². The molecule has 0 amide bonds. The predicted octanol–water partition coefficient (Wildman–Crippen LogP) is 1.65. The topological polar surface area (TPSA) is 140 Å². The Morgan fingerprint density at radius 1 is 1.23 bits per heavy atom. The standard InChI is InChI=1S/C19H32N6O4S2/c1-12(30)20-7-5-3-4-6-8-21-19-23-17-16(18(31)24-19)22-11-25(17)13(2)29-15(10-27)14(28)9-26/h11,13-15,26-28H,3-10H2,1-2H3,(H,20,30)(H2,21,23,24,31)/t13?,14?,15-/m1/s1. The fourth-order valence-corrected chi connectivity index (χ4v) is 3.40. The number of rotatable bonds is 14. The molecular formula is C19H32N6O4S2. The predicted molar refractivity (Wildman–Crippen MR) is 126 cm³/mol. The number of nitrogens with one attached hydrogen (secondary N) is 3. The van der Waals surface area contributed by atoms with Crippen molar-refractivity contribution in [2.45, 2.75) is 58.0 Å². The first-order chi connectivity index (χ1) is 14.9. The number of imidazole rings is 1. The van der Waals surface area contributed by atoms with Crippen LogP contribution in [0.25, 0.3) is 11.2 Å². The number of aromatic amines is 1. The molecule has 6 N–H and O–H groups in total. The molecule has 0 aliphatic rings. The van der Waals surface area contributed by atoms with Crippen LogP contribution < -0.4 is 10.6 Å². The summed E-state index contributed by atoms with van der Waals surface area (Å²) in [6.45, 7) is 4.35. The van der Waals surface area contributed by atoms with Gasteiger partial charge in [0.05, 0.1) is 24.5 Å². The summed E-state index contributed by atoms with van der Waals surface area (Å²) in [5.74, 6) is 0.540. The molecule has 0 radical (unpaired) electrons. The minimum absolute atomic E-state index is 0.359. The lowest BCUT2D eigenvalue weighted by atomic mass is 10.2. The van der Waals surface area contributed by atoms with Crippen molar-refractivity contribution in [1.82, 2.24) is 24.8 Å². The highest BCUT2D eigenvalue weighted by Gasteiger charge is 2.23. The second-order valence-electron chi connectivity index (χ2n) is 7.27. The fraction of sp³-hybridized carbons (Fsp3) is 0.684. The molecular weight excluding hydrogens is 440 g/mol. The molecule has 2 unspecified atom stereocenters. The van der Waals surface area contributed by atoms with E-state index in [9.17, 15) is 10.2 Å². The largest absolute Gasteiger partial charge is 0.394 e. The molecule has 174 valence electrons. The maximum atomic E-state index is 9.76. The third-order valence-electron chi connectivity index (χ3n) is 4.78. The Labute approximate surface area is 192 Å². The van der Waals surface area contributed by atoms with Crippen LogP contribution in [0.15, 0.2) is 6.33 Å². The van der Waals surface area contributed by atoms with Crippen molar-refractivity contribution < 1.29 is 20.1 Å². The number of aromatic nitrogens is 4. The van der Waals surface area contributed by atoms with Crippen molar-refractivity contribution in [3.05, 3.63) is 11.0 Å². The smallest absolute Gasteiger partial charge is 0.203 e. The van der Waals surface area contributed by atoms with Gasteiger partial charge in [-0.05, 0) is 26.7 Å². The minimum Gasteiger partial charge on any atom is -0.394 e. The molecule has 0 aromatic carbocycles. The first-order valence-electron chi connectivity index (χ1n) is 10.4. The summed E-state index contributed by atoms with van der Waals surface area (Å²) in [5.41, 5.74) is 1.15. The number of aliphatic hydroxyl groups excluding tert-OH is 3. The normalized spacial score (nSPS) is 14.4. The summed E-state index contributed by atoms with van der Waals surface area (Å²) < 4.78 is 7.76. The number of hydrogen-bond acceptors (Lipinski definition) is 9. The maximum Gasteiger partial charge on any atom is 0.203 e. The zero-order valence-electron chi connectivity index (χ0n) is 17.9. The van der Waals surface area contributed by atoms with Crippen LogP contribution in [0.3, 0.4) is 0 Å². The van der Waals surface area contributed by atoms with Gasteiger partial charge >= 0.3 is 0 Å². The lowest BCUT2D eigenvalue weighted by Crippen LogP contribution is -2.36. The highest BCUT2D eigenvalue weighted by Crippen LogP contribution is 2.20. The molecule has 10 nitrogen and oxygen atoms in total. The number of nitrogens with zero attached hydrogens (tertiary/aromatic N) is 3. The van der Waals surface area contributed by atoms with E-state index < -0.39 is 31.6 Å². The number of ether oxygens (including phenoxy) is 1. The average Bonchev–Trinajstić information content (AvgIpc) is 3.17. The number of aliphatic hydroxyl groups is 3. The van der Waals surface area contributed by atoms with Gasteiger partial charge in [-0.2, -0.15) is 0 Å². The van der Waals surface area contributed by atoms with Crippen LogP contribution in [0.1, 0.15) is 45.8 Å². The summed E-state index contributed by atoms with van der Waals surface area (Å²) >= 11 is 10.4. The third kappa shape index (κ3) is 7.74. The zero-order valence-corrected chi connectivity index (χ0v) is 19.5. The van der Waals surface area contributed by atoms with Gasteiger partial charge in [0.1, 0.15) is 29.6 Å². The molecule has 12 heteroatoms. The maximum absolute atomic E-state index is 9.76. The molecule has 0 saturated carbocycles. The molecule has 0 saturated heterocycles. The third-order valence-corrected chi connectivity index (χ3v) is 5.21. The van der Waals surface area contributed by atoms with E-state index in [1.165, 1.54) is 0 Å². The second kappa shape index (κ2) is 13.0. The summed E-state index contributed by atoms with van der Waals surface area (Å²) in [6.07, 6.45) is 3.15. The van der Waals surface area contributed by atoms with Crippen LogP contribution in [-0.2, 0) is 4.74 Å². The van der Waals surface area contributed by atoms with Gasteiger partial charge in [-0.3, -0.25) is 4.57 Å². The number of anilines is 1. The van der Waals surface area contributed by atoms with E-state index >= 15 is 0 Å². The van der Waals surface area contributed by atoms with E-state index in [1.54, 1.807) is 17.8 Å². The van der Waals surface area contributed by atoms with Crippen molar-refractivity contribution in [3.63, 3.8) is 0 Å². The van der Waals surface area contributed by atoms with Gasteiger partial charge in [0.15, 0.2) is 4.64 Å². The van der Waals surface area contributed by atoms with E-state index in [2.05, 4.69) is 25.6 Å². The first-order valence-corrected chi connectivity index (χ1v) is 11.2. The van der Waals surface area contributed by atoms with Crippen molar-refractivity contribution in [1.29, 1.82) is 0 Å². The monoisotopic (exact) mass is 472 g/mol. The van der Waals surface area contributed by atoms with Crippen LogP contribution in [0.4, 0.5) is 5.95 Å². The molecule has 2 aromatic heterocycles. The minimum atomic E-state index is -1.19. The van der Waals surface area contributed by atoms with E-state index in [1.807, 2.05) is 6.92 Å². The number of fused-ring (bicyclic) bond motifs is 1. The Kier molecular flexibility index (Phi) is 10.7. The first kappa shape index (κ1) is 25.6. The fourth-order valence-electron chi connectivity index (χ4n) is 3.06. The van der Waals surface area contributed by atoms with Gasteiger partial charge in [0.25, 0.3) is 0 Å². The highest BCUT2D eigenvalue weighted by molar-refractivity contribution is 7.80. The Morgan fingerprint density at radius 2 is 1.94 bits per heavy atom. The molecule has 0 fully saturated rings. The van der Waals surface area contributed by atoms with E-state index in [-0.39, 0.29) is 0 Å². The van der Waals surface area contributed by atoms with Crippen LogP contribution in [0, 0.1) is 4.64 Å². The lowest BCUT2D eigenvalue weighted by Gasteiger charge is -2.25. The van der Waals surface area contributed by atoms with Crippen LogP contribution in [-0.4, -0.2) is 78.3 Å². The summed E-state index contributed by atoms with van der Waals surface area (Å²) in [6, 6.07) is 0. The molecule has 2 rings (SSSR count). The van der Waals surface area contributed by atoms with Crippen molar-refractivity contribution in [2.24, 2.45) is 0 Å². The van der Waals surface area contributed by atoms with Gasteiger partial charge in [0.2, 0.25) is 5.95 Å². The Morgan fingerprint density at radius 3 is 2.58 bits per heavy atom. The zero-order chi connectivity index (χ0) is 22.8. The van der Waals surface area contributed by atoms with E-state index in [4.69, 9.17) is 34.3 Å². The van der Waals surface area contributed by atoms with Crippen molar-refractivity contribution in [2.75, 3.05) is 31.6 Å². The van der Waals surface area contributed by atoms with Gasteiger partial charge in [-0.1, -0.05) is 37.3 Å². The Balaban J connectivity index is 1.96. The molecule has 0 bridgehead atoms. The van der Waals surface area contributed by atoms with Gasteiger partial charge in [-0.15, -0.1) is 0 Å². The molecule has 0 aliphatic carbocycles. The second-order valence-corrected chi connectivity index (χ2v) is 8.27. The van der Waals surface area contributed by atoms with Crippen molar-refractivity contribution in [3.8, 4) is 0 Å². The SMILES string of the molecule is CC(=S)NCCCCCCNc1nc(=S)c2ncn(C(C)O[C@H](CO)C(O)CO)c2[nH]1. The average molecular weight is 473 g/mol. The Hall–Kier alpha value is -1.70. The quantitative estimate of drug-likeness (QED) is 0.178. The molecule has 3 atom stereocenters. The lowest BCUT2D eigenvalue weighted by molar-refractivity contribution is -0.125. The number of hydrogen-bond donors (Lipinski definition) is 6. The number of unbranched alkanes of at least 4 members (excludes halogenated alkanes) is 3. The van der Waals surface area contributed by atoms with Crippen LogP contribution in [0.5, 0.6) is 0 Å². The highest BCUT2D eigenvalue weighted by atomic mass is 32.1. The molecule has 31 heavy (non-hydrogen) atoms. The summed E-state index contributed by atoms with van der Waals surface area (Å²) in [7, 11) is 0. The van der Waals surface area contributed by atoms with E-state index in [0.29, 0.717) is 21.8 Å². The number of H-pyrrole nitrogens is 1. The van der Waals surface area contributed by atoms with Gasteiger partial charge < -0.3 is 35.7 Å². The number of thiocarbonyl (C=S) groups is 1. The molecule has 0 spiro atoms. The van der Waals surface area contributed by atoms with Crippen molar-refractivity contribution >= 4 is 46.5 Å². The van der Waals surface area contributed by atoms with Gasteiger partial charge in [0, 0.05) is 13.1 Å². The summed E-state index contributed by atoms with van der Waals surface area (Å²) in [4.78, 5) is 12.7. The Bertz CT molecular complexity index is 890.